The maximum atomic E-state index is 12.0. The van der Waals surface area contributed by atoms with Crippen LogP contribution < -0.4 is 4.74 Å². The molecule has 0 spiro atoms. The lowest BCUT2D eigenvalue weighted by molar-refractivity contribution is 0.0700. The second-order valence-corrected chi connectivity index (χ2v) is 3.61. The minimum Gasteiger partial charge on any atom is -0.494 e. The molecule has 1 rings (SSSR count). The van der Waals surface area contributed by atoms with Gasteiger partial charge in [-0.2, -0.15) is 0 Å². The molecule has 1 aromatic heterocycles. The van der Waals surface area contributed by atoms with Crippen molar-refractivity contribution in [1.29, 1.82) is 0 Å². The molecule has 1 atom stereocenters. The molecular weight excluding hydrogens is 208 g/mol. The Labute approximate surface area is 94.7 Å². The molecule has 0 radical (unpaired) electrons. The third kappa shape index (κ3) is 2.93. The van der Waals surface area contributed by atoms with Crippen LogP contribution in [-0.2, 0) is 0 Å². The van der Waals surface area contributed by atoms with E-state index in [1.807, 2.05) is 0 Å². The van der Waals surface area contributed by atoms with Crippen molar-refractivity contribution in [3.63, 3.8) is 0 Å². The Bertz CT molecular complexity index is 366. The summed E-state index contributed by atoms with van der Waals surface area (Å²) < 4.78 is 5.05. The van der Waals surface area contributed by atoms with Crippen molar-refractivity contribution in [2.45, 2.75) is 13.0 Å². The molecule has 0 aliphatic carbocycles. The lowest BCUT2D eigenvalue weighted by atomic mass is 10.2. The molecule has 1 unspecified atom stereocenters. The normalized spacial score (nSPS) is 12.0. The fourth-order valence-electron chi connectivity index (χ4n) is 1.40. The molecule has 16 heavy (non-hydrogen) atoms. The van der Waals surface area contributed by atoms with E-state index in [2.05, 4.69) is 4.98 Å². The van der Waals surface area contributed by atoms with Crippen LogP contribution in [-0.4, -0.2) is 47.7 Å². The summed E-state index contributed by atoms with van der Waals surface area (Å²) in [5, 5.41) is 9.21. The van der Waals surface area contributed by atoms with Gasteiger partial charge >= 0.3 is 0 Å². The van der Waals surface area contributed by atoms with Crippen molar-refractivity contribution in [3.05, 3.63) is 24.0 Å². The van der Waals surface area contributed by atoms with Crippen molar-refractivity contribution in [1.82, 2.24) is 9.88 Å². The molecule has 5 heteroatoms. The number of aliphatic hydroxyl groups excluding tert-OH is 1. The molecule has 0 fully saturated rings. The van der Waals surface area contributed by atoms with Crippen molar-refractivity contribution in [3.8, 4) is 5.75 Å². The highest BCUT2D eigenvalue weighted by Crippen LogP contribution is 2.17. The van der Waals surface area contributed by atoms with Gasteiger partial charge in [0.15, 0.2) is 0 Å². The van der Waals surface area contributed by atoms with Gasteiger partial charge in [-0.1, -0.05) is 0 Å². The SMILES string of the molecule is COc1cnccc1C(=O)N(C)CC(C)O. The van der Waals surface area contributed by atoms with E-state index >= 15 is 0 Å². The Hall–Kier alpha value is -1.62. The van der Waals surface area contributed by atoms with Crippen molar-refractivity contribution >= 4 is 5.91 Å². The van der Waals surface area contributed by atoms with E-state index in [1.165, 1.54) is 24.4 Å². The van der Waals surface area contributed by atoms with Crippen LogP contribution in [0, 0.1) is 0 Å². The first-order chi connectivity index (χ1) is 7.56. The number of likely N-dealkylation sites (N-methyl/N-ethyl adjacent to an activating group) is 1. The number of aromatic nitrogens is 1. The number of pyridine rings is 1. The number of ether oxygens (including phenoxy) is 1. The van der Waals surface area contributed by atoms with Gasteiger partial charge in [-0.05, 0) is 13.0 Å². The van der Waals surface area contributed by atoms with Crippen LogP contribution in [0.4, 0.5) is 0 Å². The molecule has 1 N–H and O–H groups in total. The third-order valence-electron chi connectivity index (χ3n) is 2.12. The Morgan fingerprint density at radius 3 is 2.94 bits per heavy atom. The molecule has 0 bridgehead atoms. The molecule has 88 valence electrons. The zero-order valence-corrected chi connectivity index (χ0v) is 9.67. The van der Waals surface area contributed by atoms with Gasteiger partial charge in [0, 0.05) is 19.8 Å². The van der Waals surface area contributed by atoms with Crippen LogP contribution >= 0.6 is 0 Å². The minimum atomic E-state index is -0.554. The molecule has 0 aromatic carbocycles. The van der Waals surface area contributed by atoms with Crippen LogP contribution in [0.15, 0.2) is 18.5 Å². The minimum absolute atomic E-state index is 0.194. The van der Waals surface area contributed by atoms with E-state index in [0.717, 1.165) is 0 Å². The number of nitrogens with zero attached hydrogens (tertiary/aromatic N) is 2. The first-order valence-corrected chi connectivity index (χ1v) is 4.97. The van der Waals surface area contributed by atoms with Gasteiger partial charge in [-0.25, -0.2) is 0 Å². The monoisotopic (exact) mass is 224 g/mol. The van der Waals surface area contributed by atoms with Gasteiger partial charge in [0.2, 0.25) is 0 Å². The van der Waals surface area contributed by atoms with Crippen molar-refractivity contribution in [2.24, 2.45) is 0 Å². The van der Waals surface area contributed by atoms with Crippen molar-refractivity contribution < 1.29 is 14.6 Å². The maximum Gasteiger partial charge on any atom is 0.257 e. The van der Waals surface area contributed by atoms with E-state index in [0.29, 0.717) is 11.3 Å². The highest BCUT2D eigenvalue weighted by molar-refractivity contribution is 5.96. The second kappa shape index (κ2) is 5.46. The Morgan fingerprint density at radius 1 is 1.69 bits per heavy atom. The topological polar surface area (TPSA) is 62.7 Å². The summed E-state index contributed by atoms with van der Waals surface area (Å²) in [6.07, 6.45) is 2.47. The van der Waals surface area contributed by atoms with E-state index in [9.17, 15) is 9.90 Å². The van der Waals surface area contributed by atoms with Gasteiger partial charge in [0.25, 0.3) is 5.91 Å². The first-order valence-electron chi connectivity index (χ1n) is 4.97. The molecule has 5 nitrogen and oxygen atoms in total. The van der Waals surface area contributed by atoms with Crippen LogP contribution in [0.25, 0.3) is 0 Å². The van der Waals surface area contributed by atoms with Crippen LogP contribution in [0.5, 0.6) is 5.75 Å². The Balaban J connectivity index is 2.87. The van der Waals surface area contributed by atoms with Crippen molar-refractivity contribution in [2.75, 3.05) is 20.7 Å². The van der Waals surface area contributed by atoms with Gasteiger partial charge < -0.3 is 14.7 Å². The summed E-state index contributed by atoms with van der Waals surface area (Å²) in [4.78, 5) is 17.3. The predicted octanol–water partition coefficient (Wildman–Crippen LogP) is 0.543. The molecule has 0 saturated carbocycles. The van der Waals surface area contributed by atoms with E-state index in [1.54, 1.807) is 20.0 Å². The van der Waals surface area contributed by atoms with E-state index in [4.69, 9.17) is 4.74 Å². The number of amides is 1. The average molecular weight is 224 g/mol. The number of aliphatic hydroxyl groups is 1. The molecule has 1 heterocycles. The number of hydrogen-bond acceptors (Lipinski definition) is 4. The summed E-state index contributed by atoms with van der Waals surface area (Å²) in [5.41, 5.74) is 0.445. The third-order valence-corrected chi connectivity index (χ3v) is 2.12. The van der Waals surface area contributed by atoms with Gasteiger partial charge in [-0.15, -0.1) is 0 Å². The van der Waals surface area contributed by atoms with Gasteiger partial charge in [0.05, 0.1) is 25.0 Å². The zero-order chi connectivity index (χ0) is 12.1. The fraction of sp³-hybridized carbons (Fsp3) is 0.455. The highest BCUT2D eigenvalue weighted by atomic mass is 16.5. The molecular formula is C11H16N2O3. The van der Waals surface area contributed by atoms with E-state index < -0.39 is 6.10 Å². The maximum absolute atomic E-state index is 12.0. The number of carbonyl (C=O) groups is 1. The highest BCUT2D eigenvalue weighted by Gasteiger charge is 2.17. The quantitative estimate of drug-likeness (QED) is 0.811. The lowest BCUT2D eigenvalue weighted by Crippen LogP contribution is -2.33. The first kappa shape index (κ1) is 12.4. The summed E-state index contributed by atoms with van der Waals surface area (Å²) in [5.74, 6) is 0.241. The largest absolute Gasteiger partial charge is 0.494 e. The molecule has 1 aromatic rings. The molecule has 0 aliphatic heterocycles. The Kier molecular flexibility index (Phi) is 4.25. The van der Waals surface area contributed by atoms with Crippen LogP contribution in [0.2, 0.25) is 0 Å². The van der Waals surface area contributed by atoms with Gasteiger partial charge in [0.1, 0.15) is 5.75 Å². The number of hydrogen-bond donors (Lipinski definition) is 1. The number of rotatable bonds is 4. The smallest absolute Gasteiger partial charge is 0.257 e. The zero-order valence-electron chi connectivity index (χ0n) is 9.67. The number of methoxy groups -OCH3 is 1. The van der Waals surface area contributed by atoms with E-state index in [-0.39, 0.29) is 12.5 Å². The van der Waals surface area contributed by atoms with Gasteiger partial charge in [-0.3, -0.25) is 9.78 Å². The molecule has 1 amide bonds. The van der Waals surface area contributed by atoms with Crippen LogP contribution in [0.1, 0.15) is 17.3 Å². The standard InChI is InChI=1S/C11H16N2O3/c1-8(14)7-13(2)11(15)9-4-5-12-6-10(9)16-3/h4-6,8,14H,7H2,1-3H3. The molecule has 0 aliphatic rings. The Morgan fingerprint density at radius 2 is 2.38 bits per heavy atom. The summed E-state index contributed by atoms with van der Waals surface area (Å²) in [7, 11) is 3.12. The fourth-order valence-corrected chi connectivity index (χ4v) is 1.40. The summed E-state index contributed by atoms with van der Waals surface area (Å²) in [6.45, 7) is 1.91. The molecule has 0 saturated heterocycles. The lowest BCUT2D eigenvalue weighted by Gasteiger charge is -2.19. The van der Waals surface area contributed by atoms with Crippen LogP contribution in [0.3, 0.4) is 0 Å². The second-order valence-electron chi connectivity index (χ2n) is 3.61. The summed E-state index contributed by atoms with van der Waals surface area (Å²) >= 11 is 0. The number of carbonyl (C=O) groups excluding carboxylic acids is 1. The summed E-state index contributed by atoms with van der Waals surface area (Å²) in [6, 6.07) is 1.60. The average Bonchev–Trinajstić information content (AvgIpc) is 2.27. The predicted molar refractivity (Wildman–Crippen MR) is 59.4 cm³/mol.